The molecule has 0 atom stereocenters. The number of anilines is 3. The van der Waals surface area contributed by atoms with Crippen LogP contribution < -0.4 is 15.7 Å². The highest BCUT2D eigenvalue weighted by Gasteiger charge is 2.53. The van der Waals surface area contributed by atoms with Crippen LogP contribution in [-0.4, -0.2) is 83.3 Å². The third kappa shape index (κ3) is 10.6. The first kappa shape index (κ1) is 42.6. The Labute approximate surface area is 309 Å². The quantitative estimate of drug-likeness (QED) is 0.153. The summed E-state index contributed by atoms with van der Waals surface area (Å²) in [6.07, 6.45) is 6.36. The summed E-state index contributed by atoms with van der Waals surface area (Å²) in [6.45, 7) is 24.5. The van der Waals surface area contributed by atoms with Gasteiger partial charge in [0, 0.05) is 26.3 Å². The van der Waals surface area contributed by atoms with Crippen molar-refractivity contribution in [3.63, 3.8) is 0 Å². The minimum absolute atomic E-state index is 0.0457. The fourth-order valence-electron chi connectivity index (χ4n) is 5.70. The molecule has 2 fully saturated rings. The summed E-state index contributed by atoms with van der Waals surface area (Å²) < 4.78 is 35.7. The average Bonchev–Trinajstić information content (AvgIpc) is 3.57. The van der Waals surface area contributed by atoms with Crippen molar-refractivity contribution in [2.75, 3.05) is 36.5 Å². The van der Waals surface area contributed by atoms with Crippen molar-refractivity contribution < 1.29 is 37.9 Å². The van der Waals surface area contributed by atoms with Gasteiger partial charge in [0.25, 0.3) is 5.91 Å². The molecule has 0 radical (unpaired) electrons. The monoisotopic (exact) mass is 724 g/mol. The van der Waals surface area contributed by atoms with E-state index in [2.05, 4.69) is 21.8 Å². The Hall–Kier alpha value is -3.78. The molecule has 52 heavy (non-hydrogen) atoms. The van der Waals surface area contributed by atoms with Gasteiger partial charge in [-0.25, -0.2) is 19.1 Å². The van der Waals surface area contributed by atoms with Crippen LogP contribution in [0.5, 0.6) is 0 Å². The van der Waals surface area contributed by atoms with Crippen LogP contribution >= 0.6 is 0 Å². The average molecular weight is 725 g/mol. The topological polar surface area (TPSA) is 123 Å². The summed E-state index contributed by atoms with van der Waals surface area (Å²) in [4.78, 5) is 34.9. The molecule has 0 aliphatic carbocycles. The van der Waals surface area contributed by atoms with Crippen LogP contribution in [0, 0.1) is 0 Å². The first-order valence-electron chi connectivity index (χ1n) is 18.2. The van der Waals surface area contributed by atoms with Crippen LogP contribution in [0.2, 0.25) is 0 Å². The smallest absolute Gasteiger partial charge is 0.443 e. The molecule has 1 aromatic heterocycles. The highest BCUT2D eigenvalue weighted by molar-refractivity contribution is 6.63. The van der Waals surface area contributed by atoms with Crippen molar-refractivity contribution in [1.29, 1.82) is 0 Å². The van der Waals surface area contributed by atoms with Crippen LogP contribution in [0.15, 0.2) is 55.0 Å². The van der Waals surface area contributed by atoms with Gasteiger partial charge >= 0.3 is 13.2 Å². The number of aliphatic hydroxyl groups excluding tert-OH is 1. The largest absolute Gasteiger partial charge is 0.495 e. The molecule has 0 unspecified atom stereocenters. The highest BCUT2D eigenvalue weighted by atomic mass is 19.1. The number of nitrogens with zero attached hydrogens (tertiary/aromatic N) is 3. The Morgan fingerprint density at radius 3 is 2.27 bits per heavy atom. The van der Waals surface area contributed by atoms with Crippen molar-refractivity contribution in [3.05, 3.63) is 66.1 Å². The predicted molar refractivity (Wildman–Crippen MR) is 205 cm³/mol. The summed E-state index contributed by atoms with van der Waals surface area (Å²) in [6, 6.07) is 7.60. The molecule has 2 amide bonds. The van der Waals surface area contributed by atoms with E-state index in [4.69, 9.17) is 23.9 Å². The van der Waals surface area contributed by atoms with Crippen molar-refractivity contribution in [3.8, 4) is 0 Å². The van der Waals surface area contributed by atoms with E-state index in [1.165, 1.54) is 12.2 Å². The number of carbonyl (C=O) groups is 2. The third-order valence-corrected chi connectivity index (χ3v) is 9.19. The van der Waals surface area contributed by atoms with Gasteiger partial charge in [-0.2, -0.15) is 0 Å². The molecule has 3 aliphatic heterocycles. The van der Waals surface area contributed by atoms with E-state index in [1.54, 1.807) is 27.7 Å². The standard InChI is InChI=1S/C32H45BN4O7.C5H7F.C2H6/c1-30(2,3)42-29(40)37-20-23-24(33-43-31(4,5)32(6,7)44-33)10-11-25(27(23)28(37)39)35-26-12-9-21(19-34-26)36-15-13-22(14-16-36)41-18-8-17-38;1-3-5(6)4-2;1-2/h9-12,19,22,38H,8,13-18,20H2,1-7H3,(H,34,35);3-4H,1H2,2H3;1-2H3/b;5-4+;. The Morgan fingerprint density at radius 1 is 1.13 bits per heavy atom. The molecule has 0 saturated carbocycles. The van der Waals surface area contributed by atoms with E-state index in [0.717, 1.165) is 36.5 Å². The number of carbonyl (C=O) groups excluding carboxylic acids is 2. The number of halogens is 1. The van der Waals surface area contributed by atoms with Gasteiger partial charge < -0.3 is 34.1 Å². The number of fused-ring (bicyclic) bond motifs is 1. The number of benzene rings is 1. The molecule has 2 N–H and O–H groups in total. The second-order valence-corrected chi connectivity index (χ2v) is 14.6. The van der Waals surface area contributed by atoms with E-state index in [-0.39, 0.29) is 25.1 Å². The Bertz CT molecular complexity index is 1530. The van der Waals surface area contributed by atoms with E-state index in [1.807, 2.05) is 72.0 Å². The molecule has 11 nitrogen and oxygen atoms in total. The fraction of sp³-hybridized carbons (Fsp3) is 0.564. The number of ether oxygens (including phenoxy) is 2. The van der Waals surface area contributed by atoms with Crippen molar-refractivity contribution in [2.24, 2.45) is 0 Å². The lowest BCUT2D eigenvalue weighted by Gasteiger charge is -2.33. The van der Waals surface area contributed by atoms with Crippen molar-refractivity contribution in [2.45, 2.75) is 118 Å². The third-order valence-electron chi connectivity index (χ3n) is 9.19. The number of nitrogens with one attached hydrogen (secondary N) is 1. The zero-order valence-electron chi connectivity index (χ0n) is 32.7. The molecule has 2 aromatic rings. The van der Waals surface area contributed by atoms with E-state index in [0.29, 0.717) is 41.1 Å². The maximum atomic E-state index is 13.8. The number of rotatable bonds is 9. The molecule has 1 aromatic carbocycles. The van der Waals surface area contributed by atoms with Gasteiger partial charge in [-0.3, -0.25) is 4.79 Å². The number of pyridine rings is 1. The molecule has 4 heterocycles. The number of aliphatic hydroxyl groups is 1. The minimum atomic E-state index is -0.754. The normalized spacial score (nSPS) is 18.2. The highest BCUT2D eigenvalue weighted by Crippen LogP contribution is 2.39. The molecule has 0 spiro atoms. The first-order valence-corrected chi connectivity index (χ1v) is 18.2. The van der Waals surface area contributed by atoms with E-state index >= 15 is 0 Å². The van der Waals surface area contributed by atoms with Crippen molar-refractivity contribution >= 4 is 41.8 Å². The van der Waals surface area contributed by atoms with Gasteiger partial charge in [0.1, 0.15) is 17.2 Å². The molecule has 13 heteroatoms. The molecule has 286 valence electrons. The maximum Gasteiger partial charge on any atom is 0.495 e. The van der Waals surface area contributed by atoms with Crippen LogP contribution in [0.1, 0.15) is 104 Å². The van der Waals surface area contributed by atoms with E-state index in [9.17, 15) is 14.0 Å². The van der Waals surface area contributed by atoms with Gasteiger partial charge in [-0.05, 0) is 110 Å². The second-order valence-electron chi connectivity index (χ2n) is 14.6. The number of aromatic nitrogens is 1. The summed E-state index contributed by atoms with van der Waals surface area (Å²) in [5, 5.41) is 12.3. The summed E-state index contributed by atoms with van der Waals surface area (Å²) in [5.74, 6) is -0.143. The van der Waals surface area contributed by atoms with Gasteiger partial charge in [0.2, 0.25) is 0 Å². The molecule has 3 aliphatic rings. The molecular weight excluding hydrogens is 666 g/mol. The lowest BCUT2D eigenvalue weighted by atomic mass is 9.74. The molecule has 0 bridgehead atoms. The molecule has 5 rings (SSSR count). The fourth-order valence-corrected chi connectivity index (χ4v) is 5.70. The summed E-state index contributed by atoms with van der Waals surface area (Å²) in [5.41, 5.74) is 1.40. The number of hydrogen-bond acceptors (Lipinski definition) is 10. The van der Waals surface area contributed by atoms with Crippen molar-refractivity contribution in [1.82, 2.24) is 9.88 Å². The number of piperidine rings is 1. The van der Waals surface area contributed by atoms with Crippen LogP contribution in [0.4, 0.5) is 26.4 Å². The van der Waals surface area contributed by atoms with Gasteiger partial charge in [-0.1, -0.05) is 32.6 Å². The van der Waals surface area contributed by atoms with E-state index < -0.39 is 35.9 Å². The zero-order valence-corrected chi connectivity index (χ0v) is 32.7. The number of amides is 2. The SMILES string of the molecule is C=C/C(F)=C\C.CC.CC(C)(C)OC(=O)N1Cc2c(B3OC(C)(C)C(C)(C)O3)ccc(Nc3ccc(N4CCC(OCCCO)CC4)cn3)c2C1=O. The number of hydrogen-bond donors (Lipinski definition) is 2. The van der Waals surface area contributed by atoms with Gasteiger partial charge in [-0.15, -0.1) is 0 Å². The number of allylic oxidation sites excluding steroid dienone is 3. The maximum absolute atomic E-state index is 13.8. The lowest BCUT2D eigenvalue weighted by molar-refractivity contribution is 0.00578. The zero-order chi connectivity index (χ0) is 38.9. The summed E-state index contributed by atoms with van der Waals surface area (Å²) >= 11 is 0. The Kier molecular flexibility index (Phi) is 15.0. The predicted octanol–water partition coefficient (Wildman–Crippen LogP) is 7.46. The molecule has 2 saturated heterocycles. The lowest BCUT2D eigenvalue weighted by Crippen LogP contribution is -2.41. The van der Waals surface area contributed by atoms with Gasteiger partial charge in [0.15, 0.2) is 0 Å². The van der Waals surface area contributed by atoms with Crippen LogP contribution in [0.3, 0.4) is 0 Å². The van der Waals surface area contributed by atoms with Crippen LogP contribution in [-0.2, 0) is 25.3 Å². The Balaban J connectivity index is 0.000000827. The minimum Gasteiger partial charge on any atom is -0.443 e. The second kappa shape index (κ2) is 18.3. The summed E-state index contributed by atoms with van der Waals surface area (Å²) in [7, 11) is -0.698. The number of imide groups is 1. The molecular formula is C39H58BFN4O7. The first-order chi connectivity index (χ1) is 24.5. The van der Waals surface area contributed by atoms with Gasteiger partial charge in [0.05, 0.1) is 47.0 Å². The Morgan fingerprint density at radius 2 is 1.77 bits per heavy atom. The van der Waals surface area contributed by atoms with Crippen LogP contribution in [0.25, 0.3) is 0 Å².